The number of rotatable bonds is 5. The lowest BCUT2D eigenvalue weighted by atomic mass is 9.99. The van der Waals surface area contributed by atoms with E-state index >= 15 is 0 Å². The quantitative estimate of drug-likeness (QED) is 0.461. The highest BCUT2D eigenvalue weighted by atomic mass is 16.7. The zero-order chi connectivity index (χ0) is 15.4. The van der Waals surface area contributed by atoms with Crippen LogP contribution in [-0.4, -0.2) is 69.5 Å². The van der Waals surface area contributed by atoms with Gasteiger partial charge < -0.3 is 35.0 Å². The van der Waals surface area contributed by atoms with Gasteiger partial charge in [0.1, 0.15) is 30.2 Å². The Bertz CT molecular complexity index is 433. The number of aliphatic hydroxyl groups excluding tert-OH is 4. The summed E-state index contributed by atoms with van der Waals surface area (Å²) in [6.45, 7) is -0.268. The number of benzene rings is 1. The molecule has 0 bridgehead atoms. The number of aliphatic hydroxyl groups is 4. The highest BCUT2D eigenvalue weighted by Crippen LogP contribution is 2.22. The third-order valence-electron chi connectivity index (χ3n) is 3.46. The summed E-state index contributed by atoms with van der Waals surface area (Å²) >= 11 is 0. The Morgan fingerprint density at radius 2 is 1.67 bits per heavy atom. The van der Waals surface area contributed by atoms with E-state index in [1.54, 1.807) is 24.3 Å². The largest absolute Gasteiger partial charge is 0.508 e. The molecular formula is C14H20O7. The molecule has 0 amide bonds. The summed E-state index contributed by atoms with van der Waals surface area (Å²) in [7, 11) is 0. The third-order valence-corrected chi connectivity index (χ3v) is 3.46. The number of aromatic hydroxyl groups is 1. The lowest BCUT2D eigenvalue weighted by molar-refractivity contribution is -0.300. The molecule has 118 valence electrons. The fourth-order valence-electron chi connectivity index (χ4n) is 2.16. The normalized spacial score (nSPS) is 33.0. The number of hydrogen-bond donors (Lipinski definition) is 5. The fourth-order valence-corrected chi connectivity index (χ4v) is 2.16. The first-order chi connectivity index (χ1) is 10.0. The van der Waals surface area contributed by atoms with Crippen molar-refractivity contribution in [2.24, 2.45) is 0 Å². The minimum absolute atomic E-state index is 0.175. The molecule has 1 aromatic carbocycles. The maximum Gasteiger partial charge on any atom is 0.186 e. The van der Waals surface area contributed by atoms with Crippen LogP contribution in [0.15, 0.2) is 24.3 Å². The minimum atomic E-state index is -1.44. The molecule has 1 aliphatic rings. The Morgan fingerprint density at radius 3 is 2.29 bits per heavy atom. The summed E-state index contributed by atoms with van der Waals surface area (Å²) in [6, 6.07) is 6.60. The molecule has 21 heavy (non-hydrogen) atoms. The van der Waals surface area contributed by atoms with Gasteiger partial charge in [-0.2, -0.15) is 0 Å². The van der Waals surface area contributed by atoms with Crippen molar-refractivity contribution in [3.8, 4) is 5.75 Å². The van der Waals surface area contributed by atoms with E-state index in [1.807, 2.05) is 0 Å². The van der Waals surface area contributed by atoms with Crippen LogP contribution < -0.4 is 0 Å². The standard InChI is InChI=1S/C14H20O7/c15-7-10-11(17)12(18)13(19)14(21-10)20-6-5-8-1-3-9(16)4-2-8/h1-4,10-19H,5-7H2/t10?,11?,12-,13+,14?/m0/s1. The van der Waals surface area contributed by atoms with Crippen LogP contribution >= 0.6 is 0 Å². The molecule has 5 N–H and O–H groups in total. The molecule has 3 unspecified atom stereocenters. The van der Waals surface area contributed by atoms with E-state index in [4.69, 9.17) is 14.6 Å². The Labute approximate surface area is 122 Å². The van der Waals surface area contributed by atoms with Crippen molar-refractivity contribution in [3.63, 3.8) is 0 Å². The predicted octanol–water partition coefficient (Wildman–Crippen LogP) is -1.25. The van der Waals surface area contributed by atoms with E-state index in [-0.39, 0.29) is 12.4 Å². The van der Waals surface area contributed by atoms with Crippen LogP contribution in [0.1, 0.15) is 5.56 Å². The number of phenols is 1. The molecule has 0 aliphatic carbocycles. The van der Waals surface area contributed by atoms with Crippen molar-refractivity contribution in [1.82, 2.24) is 0 Å². The van der Waals surface area contributed by atoms with Gasteiger partial charge in [0.2, 0.25) is 0 Å². The van der Waals surface area contributed by atoms with Crippen molar-refractivity contribution in [2.75, 3.05) is 13.2 Å². The van der Waals surface area contributed by atoms with Gasteiger partial charge in [0.05, 0.1) is 13.2 Å². The second kappa shape index (κ2) is 7.17. The molecule has 2 rings (SSSR count). The van der Waals surface area contributed by atoms with Crippen molar-refractivity contribution in [3.05, 3.63) is 29.8 Å². The molecule has 1 saturated heterocycles. The first kappa shape index (κ1) is 16.2. The summed E-state index contributed by atoms with van der Waals surface area (Å²) in [4.78, 5) is 0. The maximum atomic E-state index is 9.78. The number of ether oxygens (including phenoxy) is 2. The second-order valence-electron chi connectivity index (χ2n) is 4.98. The number of phenolic OH excluding ortho intramolecular Hbond substituents is 1. The van der Waals surface area contributed by atoms with E-state index < -0.39 is 37.3 Å². The first-order valence-electron chi connectivity index (χ1n) is 6.73. The van der Waals surface area contributed by atoms with Gasteiger partial charge in [-0.1, -0.05) is 12.1 Å². The molecule has 1 aliphatic heterocycles. The molecule has 0 radical (unpaired) electrons. The second-order valence-corrected chi connectivity index (χ2v) is 4.98. The Balaban J connectivity index is 1.85. The third kappa shape index (κ3) is 3.91. The van der Waals surface area contributed by atoms with E-state index in [1.165, 1.54) is 0 Å². The van der Waals surface area contributed by atoms with Gasteiger partial charge in [0, 0.05) is 0 Å². The molecule has 1 fully saturated rings. The monoisotopic (exact) mass is 300 g/mol. The molecule has 7 heteroatoms. The highest BCUT2D eigenvalue weighted by molar-refractivity contribution is 5.25. The summed E-state index contributed by atoms with van der Waals surface area (Å²) in [5.74, 6) is 0.175. The van der Waals surface area contributed by atoms with Gasteiger partial charge in [-0.05, 0) is 24.1 Å². The molecule has 5 atom stereocenters. The summed E-state index contributed by atoms with van der Waals surface area (Å²) in [5, 5.41) is 47.3. The zero-order valence-corrected chi connectivity index (χ0v) is 11.4. The highest BCUT2D eigenvalue weighted by Gasteiger charge is 2.43. The molecule has 0 aromatic heterocycles. The molecule has 0 spiro atoms. The summed E-state index contributed by atoms with van der Waals surface area (Å²) in [5.41, 5.74) is 0.928. The van der Waals surface area contributed by atoms with E-state index in [0.717, 1.165) is 5.56 Å². The number of hydrogen-bond acceptors (Lipinski definition) is 7. The van der Waals surface area contributed by atoms with Gasteiger partial charge in [-0.3, -0.25) is 0 Å². The van der Waals surface area contributed by atoms with Gasteiger partial charge >= 0.3 is 0 Å². The van der Waals surface area contributed by atoms with Gasteiger partial charge in [0.25, 0.3) is 0 Å². The smallest absolute Gasteiger partial charge is 0.186 e. The lowest BCUT2D eigenvalue weighted by Crippen LogP contribution is -2.59. The van der Waals surface area contributed by atoms with Crippen LogP contribution in [0, 0.1) is 0 Å². The predicted molar refractivity (Wildman–Crippen MR) is 71.5 cm³/mol. The van der Waals surface area contributed by atoms with Crippen LogP contribution in [0.25, 0.3) is 0 Å². The van der Waals surface area contributed by atoms with Crippen LogP contribution in [0.5, 0.6) is 5.75 Å². The Kier molecular flexibility index (Phi) is 5.51. The topological polar surface area (TPSA) is 120 Å². The van der Waals surface area contributed by atoms with Crippen molar-refractivity contribution in [1.29, 1.82) is 0 Å². The van der Waals surface area contributed by atoms with Crippen molar-refractivity contribution in [2.45, 2.75) is 37.1 Å². The molecule has 7 nitrogen and oxygen atoms in total. The lowest BCUT2D eigenvalue weighted by Gasteiger charge is -2.39. The maximum absolute atomic E-state index is 9.78. The van der Waals surface area contributed by atoms with E-state index in [2.05, 4.69) is 0 Å². The van der Waals surface area contributed by atoms with Gasteiger partial charge in [0.15, 0.2) is 6.29 Å². The zero-order valence-electron chi connectivity index (χ0n) is 11.4. The first-order valence-corrected chi connectivity index (χ1v) is 6.73. The summed E-state index contributed by atoms with van der Waals surface area (Å²) < 4.78 is 10.6. The van der Waals surface area contributed by atoms with Crippen LogP contribution in [0.2, 0.25) is 0 Å². The van der Waals surface area contributed by atoms with Gasteiger partial charge in [-0.15, -0.1) is 0 Å². The fraction of sp³-hybridized carbons (Fsp3) is 0.571. The van der Waals surface area contributed by atoms with Crippen LogP contribution in [-0.2, 0) is 15.9 Å². The average molecular weight is 300 g/mol. The molecule has 1 aromatic rings. The van der Waals surface area contributed by atoms with Crippen LogP contribution in [0.4, 0.5) is 0 Å². The Hall–Kier alpha value is -1.22. The van der Waals surface area contributed by atoms with E-state index in [9.17, 15) is 20.4 Å². The van der Waals surface area contributed by atoms with Crippen molar-refractivity contribution >= 4 is 0 Å². The minimum Gasteiger partial charge on any atom is -0.508 e. The van der Waals surface area contributed by atoms with E-state index in [0.29, 0.717) is 6.42 Å². The SMILES string of the molecule is OCC1OC(OCCc2ccc(O)cc2)[C@H](O)[C@@H](O)C1O. The van der Waals surface area contributed by atoms with Crippen LogP contribution in [0.3, 0.4) is 0 Å². The molecule has 1 heterocycles. The molecular weight excluding hydrogens is 280 g/mol. The van der Waals surface area contributed by atoms with Gasteiger partial charge in [-0.25, -0.2) is 0 Å². The average Bonchev–Trinajstić information content (AvgIpc) is 2.49. The van der Waals surface area contributed by atoms with Crippen molar-refractivity contribution < 1.29 is 35.0 Å². The molecule has 0 saturated carbocycles. The Morgan fingerprint density at radius 1 is 1.00 bits per heavy atom. The summed E-state index contributed by atoms with van der Waals surface area (Å²) in [6.07, 6.45) is -5.77.